The van der Waals surface area contributed by atoms with Crippen LogP contribution >= 0.6 is 24.0 Å². The number of sulfonamides is 1. The molecule has 0 amide bonds. The second-order valence-electron chi connectivity index (χ2n) is 6.60. The van der Waals surface area contributed by atoms with Crippen LogP contribution in [0.5, 0.6) is 0 Å². The van der Waals surface area contributed by atoms with Crippen molar-refractivity contribution in [3.63, 3.8) is 0 Å². The third-order valence-corrected chi connectivity index (χ3v) is 6.07. The highest BCUT2D eigenvalue weighted by molar-refractivity contribution is 14.0. The first-order valence-corrected chi connectivity index (χ1v) is 11.0. The summed E-state index contributed by atoms with van der Waals surface area (Å²) in [5, 5.41) is 10.8. The standard InChI is InChI=1S/C21H26N6O2S.HI/c1-22-21(24-14-17-8-10-20(11-9-17)30(28,29)23-2)25-15-18-6-3-4-7-19(18)16-27-13-5-12-26-27;/h3-13,23H,14-16H2,1-2H3,(H2,22,24,25);1H. The summed E-state index contributed by atoms with van der Waals surface area (Å²) in [5.41, 5.74) is 3.30. The van der Waals surface area contributed by atoms with Crippen molar-refractivity contribution in [1.29, 1.82) is 0 Å². The fourth-order valence-corrected chi connectivity index (χ4v) is 3.67. The van der Waals surface area contributed by atoms with E-state index in [1.807, 2.05) is 29.1 Å². The molecule has 0 fully saturated rings. The highest BCUT2D eigenvalue weighted by atomic mass is 127. The molecular formula is C21H27IN6O2S. The van der Waals surface area contributed by atoms with E-state index < -0.39 is 10.0 Å². The average molecular weight is 554 g/mol. The van der Waals surface area contributed by atoms with Gasteiger partial charge >= 0.3 is 0 Å². The minimum absolute atomic E-state index is 0. The molecule has 0 aliphatic carbocycles. The van der Waals surface area contributed by atoms with Gasteiger partial charge in [0.2, 0.25) is 10.0 Å². The van der Waals surface area contributed by atoms with Gasteiger partial charge < -0.3 is 10.6 Å². The molecule has 0 bridgehead atoms. The number of nitrogens with zero attached hydrogens (tertiary/aromatic N) is 3. The molecule has 0 atom stereocenters. The smallest absolute Gasteiger partial charge is 0.240 e. The highest BCUT2D eigenvalue weighted by Gasteiger charge is 2.10. The fraction of sp³-hybridized carbons (Fsp3) is 0.238. The zero-order chi connectivity index (χ0) is 21.4. The largest absolute Gasteiger partial charge is 0.352 e. The molecule has 0 aliphatic heterocycles. The van der Waals surface area contributed by atoms with Gasteiger partial charge in [-0.05, 0) is 41.9 Å². The van der Waals surface area contributed by atoms with E-state index in [-0.39, 0.29) is 28.9 Å². The molecule has 3 rings (SSSR count). The molecule has 10 heteroatoms. The minimum atomic E-state index is -3.43. The summed E-state index contributed by atoms with van der Waals surface area (Å²) in [5.74, 6) is 0.663. The summed E-state index contributed by atoms with van der Waals surface area (Å²) in [6.07, 6.45) is 3.71. The first kappa shape index (κ1) is 24.8. The van der Waals surface area contributed by atoms with Gasteiger partial charge in [0.05, 0.1) is 11.4 Å². The number of aromatic nitrogens is 2. The van der Waals surface area contributed by atoms with Gasteiger partial charge in [-0.3, -0.25) is 9.67 Å². The lowest BCUT2D eigenvalue weighted by atomic mass is 10.1. The third-order valence-electron chi connectivity index (χ3n) is 4.64. The molecule has 0 spiro atoms. The van der Waals surface area contributed by atoms with Gasteiger partial charge in [-0.15, -0.1) is 24.0 Å². The molecular weight excluding hydrogens is 527 g/mol. The number of halogens is 1. The van der Waals surface area contributed by atoms with Gasteiger partial charge in [0, 0.05) is 32.5 Å². The van der Waals surface area contributed by atoms with Crippen molar-refractivity contribution in [2.24, 2.45) is 4.99 Å². The lowest BCUT2D eigenvalue weighted by Gasteiger charge is -2.14. The first-order chi connectivity index (χ1) is 14.5. The highest BCUT2D eigenvalue weighted by Crippen LogP contribution is 2.11. The van der Waals surface area contributed by atoms with E-state index in [0.29, 0.717) is 25.6 Å². The van der Waals surface area contributed by atoms with Gasteiger partial charge in [-0.25, -0.2) is 13.1 Å². The Labute approximate surface area is 200 Å². The molecule has 3 N–H and O–H groups in total. The Morgan fingerprint density at radius 3 is 2.29 bits per heavy atom. The number of nitrogens with one attached hydrogen (secondary N) is 3. The van der Waals surface area contributed by atoms with Gasteiger partial charge in [-0.2, -0.15) is 5.10 Å². The second-order valence-corrected chi connectivity index (χ2v) is 8.49. The molecule has 0 unspecified atom stereocenters. The maximum Gasteiger partial charge on any atom is 0.240 e. The molecule has 166 valence electrons. The van der Waals surface area contributed by atoms with Gasteiger partial charge in [0.15, 0.2) is 5.96 Å². The number of aliphatic imine (C=N–C) groups is 1. The van der Waals surface area contributed by atoms with Gasteiger partial charge in [-0.1, -0.05) is 36.4 Å². The lowest BCUT2D eigenvalue weighted by Crippen LogP contribution is -2.36. The number of rotatable bonds is 8. The van der Waals surface area contributed by atoms with E-state index in [1.54, 1.807) is 37.5 Å². The van der Waals surface area contributed by atoms with Crippen molar-refractivity contribution in [3.8, 4) is 0 Å². The zero-order valence-corrected chi connectivity index (χ0v) is 20.6. The van der Waals surface area contributed by atoms with Crippen LogP contribution in [0, 0.1) is 0 Å². The van der Waals surface area contributed by atoms with Crippen molar-refractivity contribution in [1.82, 2.24) is 25.1 Å². The minimum Gasteiger partial charge on any atom is -0.352 e. The number of benzene rings is 2. The Morgan fingerprint density at radius 1 is 1.00 bits per heavy atom. The summed E-state index contributed by atoms with van der Waals surface area (Å²) < 4.78 is 27.8. The van der Waals surface area contributed by atoms with Crippen LogP contribution in [0.3, 0.4) is 0 Å². The van der Waals surface area contributed by atoms with Crippen molar-refractivity contribution in [2.45, 2.75) is 24.5 Å². The Morgan fingerprint density at radius 2 is 1.68 bits per heavy atom. The molecule has 0 saturated carbocycles. The second kappa shape index (κ2) is 11.8. The van der Waals surface area contributed by atoms with Crippen LogP contribution in [0.1, 0.15) is 16.7 Å². The molecule has 0 aliphatic rings. The SMILES string of the molecule is CN=C(NCc1ccc(S(=O)(=O)NC)cc1)NCc1ccccc1Cn1cccn1.I. The zero-order valence-electron chi connectivity index (χ0n) is 17.4. The molecule has 0 radical (unpaired) electrons. The molecule has 3 aromatic rings. The van der Waals surface area contributed by atoms with Crippen molar-refractivity contribution >= 4 is 40.0 Å². The van der Waals surface area contributed by atoms with Crippen LogP contribution in [-0.2, 0) is 29.7 Å². The van der Waals surface area contributed by atoms with Crippen LogP contribution in [-0.4, -0.2) is 38.3 Å². The Balaban J connectivity index is 0.00000341. The van der Waals surface area contributed by atoms with E-state index in [2.05, 4.69) is 37.6 Å². The summed E-state index contributed by atoms with van der Waals surface area (Å²) >= 11 is 0. The molecule has 1 heterocycles. The maximum absolute atomic E-state index is 11.8. The normalized spacial score (nSPS) is 11.6. The van der Waals surface area contributed by atoms with Crippen LogP contribution in [0.15, 0.2) is 76.9 Å². The van der Waals surface area contributed by atoms with Crippen LogP contribution < -0.4 is 15.4 Å². The van der Waals surface area contributed by atoms with E-state index in [4.69, 9.17) is 0 Å². The fourth-order valence-electron chi connectivity index (χ4n) is 2.94. The van der Waals surface area contributed by atoms with E-state index >= 15 is 0 Å². The van der Waals surface area contributed by atoms with Gasteiger partial charge in [0.25, 0.3) is 0 Å². The summed E-state index contributed by atoms with van der Waals surface area (Å²) in [6.45, 7) is 1.85. The Kier molecular flexibility index (Phi) is 9.46. The van der Waals surface area contributed by atoms with E-state index in [0.717, 1.165) is 11.1 Å². The average Bonchev–Trinajstić information content (AvgIpc) is 3.28. The third kappa shape index (κ3) is 7.04. The predicted octanol–water partition coefficient (Wildman–Crippen LogP) is 2.32. The quantitative estimate of drug-likeness (QED) is 0.226. The number of hydrogen-bond acceptors (Lipinski definition) is 4. The first-order valence-electron chi connectivity index (χ1n) is 9.53. The van der Waals surface area contributed by atoms with Crippen molar-refractivity contribution in [3.05, 3.63) is 83.7 Å². The molecule has 2 aromatic carbocycles. The molecule has 31 heavy (non-hydrogen) atoms. The Bertz CT molecular complexity index is 1080. The van der Waals surface area contributed by atoms with Crippen molar-refractivity contribution < 1.29 is 8.42 Å². The summed E-state index contributed by atoms with van der Waals surface area (Å²) in [7, 11) is -0.313. The van der Waals surface area contributed by atoms with Crippen LogP contribution in [0.2, 0.25) is 0 Å². The monoisotopic (exact) mass is 554 g/mol. The molecule has 1 aromatic heterocycles. The topological polar surface area (TPSA) is 100 Å². The van der Waals surface area contributed by atoms with Crippen molar-refractivity contribution in [2.75, 3.05) is 14.1 Å². The van der Waals surface area contributed by atoms with Gasteiger partial charge in [0.1, 0.15) is 0 Å². The number of hydrogen-bond donors (Lipinski definition) is 3. The van der Waals surface area contributed by atoms with Crippen LogP contribution in [0.25, 0.3) is 0 Å². The Hall–Kier alpha value is -2.44. The lowest BCUT2D eigenvalue weighted by molar-refractivity contribution is 0.588. The molecule has 0 saturated heterocycles. The summed E-state index contributed by atoms with van der Waals surface area (Å²) in [6, 6.07) is 16.9. The van der Waals surface area contributed by atoms with E-state index in [1.165, 1.54) is 12.6 Å². The maximum atomic E-state index is 11.8. The molecule has 8 nitrogen and oxygen atoms in total. The summed E-state index contributed by atoms with van der Waals surface area (Å²) in [4.78, 5) is 4.51. The van der Waals surface area contributed by atoms with E-state index in [9.17, 15) is 8.42 Å². The van der Waals surface area contributed by atoms with Crippen LogP contribution in [0.4, 0.5) is 0 Å². The number of guanidine groups is 1. The predicted molar refractivity (Wildman–Crippen MR) is 133 cm³/mol.